The van der Waals surface area contributed by atoms with Crippen molar-refractivity contribution in [3.05, 3.63) is 131 Å². The highest BCUT2D eigenvalue weighted by Crippen LogP contribution is 2.42. The molecule has 0 saturated carbocycles. The second-order valence-electron chi connectivity index (χ2n) is 9.60. The van der Waals surface area contributed by atoms with Crippen LogP contribution in [0, 0.1) is 0 Å². The molecule has 0 radical (unpaired) electrons. The molecule has 0 aliphatic carbocycles. The Morgan fingerprint density at radius 2 is 1.21 bits per heavy atom. The quantitative estimate of drug-likeness (QED) is 0.274. The van der Waals surface area contributed by atoms with Crippen LogP contribution in [0.4, 0.5) is 0 Å². The lowest BCUT2D eigenvalue weighted by Crippen LogP contribution is -2.38. The van der Waals surface area contributed by atoms with Gasteiger partial charge in [-0.1, -0.05) is 84.9 Å². The molecule has 4 aromatic carbocycles. The first kappa shape index (κ1) is 26.0. The van der Waals surface area contributed by atoms with E-state index in [0.717, 1.165) is 34.6 Å². The number of benzene rings is 4. The molecule has 5 heteroatoms. The van der Waals surface area contributed by atoms with Crippen molar-refractivity contribution in [3.8, 4) is 11.5 Å². The minimum Gasteiger partial charge on any atom is -0.497 e. The molecule has 0 amide bonds. The van der Waals surface area contributed by atoms with Gasteiger partial charge in [-0.05, 0) is 52.9 Å². The lowest BCUT2D eigenvalue weighted by Gasteiger charge is -2.37. The van der Waals surface area contributed by atoms with E-state index in [2.05, 4.69) is 24.3 Å². The molecule has 0 unspecified atom stereocenters. The predicted octanol–water partition coefficient (Wildman–Crippen LogP) is 5.77. The molecule has 1 aliphatic rings. The Bertz CT molecular complexity index is 1230. The van der Waals surface area contributed by atoms with Gasteiger partial charge in [-0.15, -0.1) is 0 Å². The van der Waals surface area contributed by atoms with Crippen LogP contribution in [0.15, 0.2) is 109 Å². The maximum atomic E-state index is 10.9. The van der Waals surface area contributed by atoms with Gasteiger partial charge >= 0.3 is 0 Å². The van der Waals surface area contributed by atoms with Gasteiger partial charge in [0.25, 0.3) is 0 Å². The van der Waals surface area contributed by atoms with Crippen molar-refractivity contribution in [2.45, 2.75) is 36.8 Å². The maximum Gasteiger partial charge on any atom is 0.143 e. The number of ether oxygens (including phenoxy) is 4. The largest absolute Gasteiger partial charge is 0.497 e. The van der Waals surface area contributed by atoms with E-state index in [4.69, 9.17) is 18.9 Å². The molecule has 5 nitrogen and oxygen atoms in total. The number of aliphatic hydroxyl groups is 1. The van der Waals surface area contributed by atoms with E-state index in [0.29, 0.717) is 6.42 Å². The van der Waals surface area contributed by atoms with Crippen LogP contribution in [0.3, 0.4) is 0 Å². The number of rotatable bonds is 10. The Hall–Kier alpha value is -3.64. The predicted molar refractivity (Wildman–Crippen MR) is 148 cm³/mol. The van der Waals surface area contributed by atoms with Gasteiger partial charge in [0.05, 0.1) is 33.0 Å². The Morgan fingerprint density at radius 1 is 0.711 bits per heavy atom. The molecule has 196 valence electrons. The molecule has 0 spiro atoms. The van der Waals surface area contributed by atoms with Gasteiger partial charge in [-0.2, -0.15) is 0 Å². The van der Waals surface area contributed by atoms with Crippen molar-refractivity contribution in [1.82, 2.24) is 0 Å². The molecule has 1 N–H and O–H groups in total. The Labute approximate surface area is 224 Å². The molecule has 0 aromatic heterocycles. The molecule has 1 aliphatic heterocycles. The molecule has 3 atom stereocenters. The zero-order valence-corrected chi connectivity index (χ0v) is 21.8. The average Bonchev–Trinajstić information content (AvgIpc) is 3.33. The summed E-state index contributed by atoms with van der Waals surface area (Å²) < 4.78 is 24.1. The molecule has 0 bridgehead atoms. The van der Waals surface area contributed by atoms with Crippen LogP contribution in [0.25, 0.3) is 0 Å². The van der Waals surface area contributed by atoms with Crippen molar-refractivity contribution < 1.29 is 24.1 Å². The minimum atomic E-state index is -0.944. The summed E-state index contributed by atoms with van der Waals surface area (Å²) in [4.78, 5) is 0. The molecule has 1 fully saturated rings. The van der Waals surface area contributed by atoms with Crippen LogP contribution in [0.2, 0.25) is 0 Å². The van der Waals surface area contributed by atoms with E-state index in [1.807, 2.05) is 84.9 Å². The molecule has 38 heavy (non-hydrogen) atoms. The van der Waals surface area contributed by atoms with Gasteiger partial charge in [0.1, 0.15) is 23.2 Å². The van der Waals surface area contributed by atoms with E-state index in [-0.39, 0.29) is 12.7 Å². The first-order valence-electron chi connectivity index (χ1n) is 13.0. The van der Waals surface area contributed by atoms with Crippen molar-refractivity contribution in [2.75, 3.05) is 20.8 Å². The third-order valence-electron chi connectivity index (χ3n) is 7.24. The first-order valence-corrected chi connectivity index (χ1v) is 13.0. The maximum absolute atomic E-state index is 10.9. The molecule has 1 saturated heterocycles. The molecule has 4 aromatic rings. The summed E-state index contributed by atoms with van der Waals surface area (Å²) in [6, 6.07) is 36.3. The monoisotopic (exact) mass is 510 g/mol. The summed E-state index contributed by atoms with van der Waals surface area (Å²) in [7, 11) is 3.31. The standard InChI is InChI=1S/C33H34O5/c1-35-28-17-13-26(14-18-28)33(25-11-7-4-8-12-25,27-15-19-29(36-2)20-16-27)37-23-32-31(34)22-30(38-32)21-24-9-5-3-6-10-24/h3-20,30-32,34H,21-23H2,1-2H3/t30-,31-,32+/m0/s1. The minimum absolute atomic E-state index is 0.0610. The topological polar surface area (TPSA) is 57.2 Å². The number of hydrogen-bond donors (Lipinski definition) is 1. The van der Waals surface area contributed by atoms with Gasteiger partial charge in [0, 0.05) is 6.42 Å². The Kier molecular flexibility index (Phi) is 8.08. The first-order chi connectivity index (χ1) is 18.6. The normalized spacial score (nSPS) is 19.3. The van der Waals surface area contributed by atoms with Crippen molar-refractivity contribution in [1.29, 1.82) is 0 Å². The van der Waals surface area contributed by atoms with Gasteiger partial charge in [0.15, 0.2) is 0 Å². The van der Waals surface area contributed by atoms with E-state index < -0.39 is 17.8 Å². The number of aliphatic hydroxyl groups excluding tert-OH is 1. The van der Waals surface area contributed by atoms with Crippen molar-refractivity contribution >= 4 is 0 Å². The summed E-state index contributed by atoms with van der Waals surface area (Å²) in [5, 5.41) is 10.9. The van der Waals surface area contributed by atoms with Crippen molar-refractivity contribution in [3.63, 3.8) is 0 Å². The molecular formula is C33H34O5. The zero-order chi connectivity index (χ0) is 26.4. The van der Waals surface area contributed by atoms with Crippen LogP contribution in [0.5, 0.6) is 11.5 Å². The van der Waals surface area contributed by atoms with Gasteiger partial charge in [-0.3, -0.25) is 0 Å². The van der Waals surface area contributed by atoms with Crippen LogP contribution >= 0.6 is 0 Å². The molecular weight excluding hydrogens is 476 g/mol. The highest BCUT2D eigenvalue weighted by molar-refractivity contribution is 5.49. The Morgan fingerprint density at radius 3 is 1.74 bits per heavy atom. The summed E-state index contributed by atoms with van der Waals surface area (Å²) in [6.45, 7) is 0.222. The van der Waals surface area contributed by atoms with E-state index in [1.165, 1.54) is 5.56 Å². The lowest BCUT2D eigenvalue weighted by molar-refractivity contribution is -0.0820. The van der Waals surface area contributed by atoms with Gasteiger partial charge in [-0.25, -0.2) is 0 Å². The summed E-state index contributed by atoms with van der Waals surface area (Å²) in [5.74, 6) is 1.53. The van der Waals surface area contributed by atoms with E-state index >= 15 is 0 Å². The molecule has 5 rings (SSSR count). The highest BCUT2D eigenvalue weighted by atomic mass is 16.6. The molecule has 1 heterocycles. The second-order valence-corrected chi connectivity index (χ2v) is 9.60. The fourth-order valence-electron chi connectivity index (χ4n) is 5.25. The van der Waals surface area contributed by atoms with E-state index in [1.54, 1.807) is 14.2 Å². The average molecular weight is 511 g/mol. The van der Waals surface area contributed by atoms with Crippen LogP contribution < -0.4 is 9.47 Å². The number of hydrogen-bond acceptors (Lipinski definition) is 5. The summed E-state index contributed by atoms with van der Waals surface area (Å²) in [5.41, 5.74) is 3.12. The third kappa shape index (κ3) is 5.46. The SMILES string of the molecule is COc1ccc(C(OC[C@H]2O[C@@H](Cc3ccccc3)C[C@@H]2O)(c2ccccc2)c2ccc(OC)cc2)cc1. The third-order valence-corrected chi connectivity index (χ3v) is 7.24. The number of methoxy groups -OCH3 is 2. The fourth-order valence-corrected chi connectivity index (χ4v) is 5.25. The fraction of sp³-hybridized carbons (Fsp3) is 0.273. The second kappa shape index (κ2) is 11.8. The van der Waals surface area contributed by atoms with Crippen molar-refractivity contribution in [2.24, 2.45) is 0 Å². The van der Waals surface area contributed by atoms with Crippen LogP contribution in [-0.2, 0) is 21.5 Å². The van der Waals surface area contributed by atoms with E-state index in [9.17, 15) is 5.11 Å². The summed E-state index contributed by atoms with van der Waals surface area (Å²) >= 11 is 0. The lowest BCUT2D eigenvalue weighted by atomic mass is 9.80. The van der Waals surface area contributed by atoms with Gasteiger partial charge in [0.2, 0.25) is 0 Å². The van der Waals surface area contributed by atoms with Crippen LogP contribution in [0.1, 0.15) is 28.7 Å². The zero-order valence-electron chi connectivity index (χ0n) is 21.8. The van der Waals surface area contributed by atoms with Gasteiger partial charge < -0.3 is 24.1 Å². The summed E-state index contributed by atoms with van der Waals surface area (Å²) in [6.07, 6.45) is 0.225. The van der Waals surface area contributed by atoms with Crippen LogP contribution in [-0.4, -0.2) is 44.2 Å². The smallest absolute Gasteiger partial charge is 0.143 e. The Balaban J connectivity index is 1.49. The highest BCUT2D eigenvalue weighted by Gasteiger charge is 2.41.